The summed E-state index contributed by atoms with van der Waals surface area (Å²) in [5.74, 6) is -0.330. The number of carbonyl (C=O) groups is 1. The summed E-state index contributed by atoms with van der Waals surface area (Å²) in [6.45, 7) is 1.80. The standard InChI is InChI=1S/C15H13BrFNO/c1-2-15(19)18-14-8-5-11(16)9-13(14)10-3-6-12(17)7-4-10/h3-9H,2H2,1H3,(H,18,19). The molecule has 0 aliphatic rings. The molecule has 0 fully saturated rings. The third-order valence-corrected chi connectivity index (χ3v) is 3.23. The maximum atomic E-state index is 13.0. The van der Waals surface area contributed by atoms with Crippen molar-refractivity contribution in [2.75, 3.05) is 5.32 Å². The van der Waals surface area contributed by atoms with Crippen LogP contribution in [0.1, 0.15) is 13.3 Å². The number of hydrogen-bond donors (Lipinski definition) is 1. The van der Waals surface area contributed by atoms with Crippen LogP contribution in [0.25, 0.3) is 11.1 Å². The number of benzene rings is 2. The number of halogens is 2. The van der Waals surface area contributed by atoms with E-state index in [0.717, 1.165) is 21.3 Å². The smallest absolute Gasteiger partial charge is 0.224 e. The first-order valence-corrected chi connectivity index (χ1v) is 6.75. The molecule has 1 amide bonds. The van der Waals surface area contributed by atoms with E-state index in [4.69, 9.17) is 0 Å². The number of anilines is 1. The van der Waals surface area contributed by atoms with E-state index < -0.39 is 0 Å². The molecule has 0 aliphatic heterocycles. The van der Waals surface area contributed by atoms with Gasteiger partial charge in [-0.2, -0.15) is 0 Å². The van der Waals surface area contributed by atoms with Crippen LogP contribution in [0, 0.1) is 5.82 Å². The van der Waals surface area contributed by atoms with Crippen molar-refractivity contribution in [1.82, 2.24) is 0 Å². The molecule has 2 aromatic carbocycles. The Hall–Kier alpha value is -1.68. The molecule has 2 rings (SSSR count). The van der Waals surface area contributed by atoms with Crippen molar-refractivity contribution in [3.8, 4) is 11.1 Å². The quantitative estimate of drug-likeness (QED) is 0.879. The fraction of sp³-hybridized carbons (Fsp3) is 0.133. The van der Waals surface area contributed by atoms with Gasteiger partial charge >= 0.3 is 0 Å². The fourth-order valence-corrected chi connectivity index (χ4v) is 2.09. The normalized spacial score (nSPS) is 10.3. The Morgan fingerprint density at radius 2 is 1.89 bits per heavy atom. The van der Waals surface area contributed by atoms with Crippen molar-refractivity contribution in [2.45, 2.75) is 13.3 Å². The largest absolute Gasteiger partial charge is 0.326 e. The molecule has 0 saturated carbocycles. The monoisotopic (exact) mass is 321 g/mol. The molecule has 0 saturated heterocycles. The topological polar surface area (TPSA) is 29.1 Å². The second-order valence-corrected chi connectivity index (χ2v) is 5.01. The highest BCUT2D eigenvalue weighted by Gasteiger charge is 2.08. The van der Waals surface area contributed by atoms with Gasteiger partial charge in [-0.05, 0) is 35.9 Å². The van der Waals surface area contributed by atoms with Crippen molar-refractivity contribution in [2.24, 2.45) is 0 Å². The minimum atomic E-state index is -0.280. The first-order valence-electron chi connectivity index (χ1n) is 5.95. The van der Waals surface area contributed by atoms with Crippen LogP contribution >= 0.6 is 15.9 Å². The summed E-state index contributed by atoms with van der Waals surface area (Å²) in [7, 11) is 0. The van der Waals surface area contributed by atoms with E-state index in [1.165, 1.54) is 12.1 Å². The minimum absolute atomic E-state index is 0.0503. The Morgan fingerprint density at radius 3 is 2.53 bits per heavy atom. The molecule has 1 N–H and O–H groups in total. The number of rotatable bonds is 3. The van der Waals surface area contributed by atoms with Gasteiger partial charge in [-0.15, -0.1) is 0 Å². The van der Waals surface area contributed by atoms with E-state index in [1.54, 1.807) is 19.1 Å². The molecule has 4 heteroatoms. The van der Waals surface area contributed by atoms with Crippen LogP contribution in [-0.4, -0.2) is 5.91 Å². The molecule has 0 unspecified atom stereocenters. The molecule has 0 heterocycles. The lowest BCUT2D eigenvalue weighted by Gasteiger charge is -2.11. The van der Waals surface area contributed by atoms with E-state index in [1.807, 2.05) is 18.2 Å². The van der Waals surface area contributed by atoms with Crippen molar-refractivity contribution in [3.63, 3.8) is 0 Å². The first-order chi connectivity index (χ1) is 9.10. The van der Waals surface area contributed by atoms with E-state index >= 15 is 0 Å². The van der Waals surface area contributed by atoms with Crippen molar-refractivity contribution in [1.29, 1.82) is 0 Å². The van der Waals surface area contributed by atoms with Gasteiger partial charge in [0.2, 0.25) is 5.91 Å². The molecule has 0 atom stereocenters. The van der Waals surface area contributed by atoms with Gasteiger partial charge in [0.15, 0.2) is 0 Å². The number of hydrogen-bond acceptors (Lipinski definition) is 1. The highest BCUT2D eigenvalue weighted by atomic mass is 79.9. The fourth-order valence-electron chi connectivity index (χ4n) is 1.73. The van der Waals surface area contributed by atoms with Gasteiger partial charge < -0.3 is 5.32 Å². The lowest BCUT2D eigenvalue weighted by atomic mass is 10.0. The Kier molecular flexibility index (Phi) is 4.32. The Bertz CT molecular complexity index is 596. The predicted molar refractivity (Wildman–Crippen MR) is 78.5 cm³/mol. The van der Waals surface area contributed by atoms with Crippen LogP contribution in [0.15, 0.2) is 46.9 Å². The van der Waals surface area contributed by atoms with Gasteiger partial charge in [-0.1, -0.05) is 35.0 Å². The average molecular weight is 322 g/mol. The average Bonchev–Trinajstić information content (AvgIpc) is 2.41. The first kappa shape index (κ1) is 13.7. The third-order valence-electron chi connectivity index (χ3n) is 2.73. The van der Waals surface area contributed by atoms with E-state index in [-0.39, 0.29) is 11.7 Å². The number of carbonyl (C=O) groups excluding carboxylic acids is 1. The lowest BCUT2D eigenvalue weighted by molar-refractivity contribution is -0.115. The molecule has 0 aliphatic carbocycles. The summed E-state index contributed by atoms with van der Waals surface area (Å²) in [5.41, 5.74) is 2.44. The maximum absolute atomic E-state index is 13.0. The third kappa shape index (κ3) is 3.41. The van der Waals surface area contributed by atoms with Crippen LogP contribution in [-0.2, 0) is 4.79 Å². The van der Waals surface area contributed by atoms with E-state index in [2.05, 4.69) is 21.2 Å². The van der Waals surface area contributed by atoms with Gasteiger partial charge in [0.05, 0.1) is 0 Å². The Labute approximate surface area is 119 Å². The lowest BCUT2D eigenvalue weighted by Crippen LogP contribution is -2.10. The molecule has 2 nitrogen and oxygen atoms in total. The molecule has 19 heavy (non-hydrogen) atoms. The zero-order valence-electron chi connectivity index (χ0n) is 10.4. The van der Waals surface area contributed by atoms with Gasteiger partial charge in [-0.3, -0.25) is 4.79 Å². The van der Waals surface area contributed by atoms with E-state index in [0.29, 0.717) is 6.42 Å². The summed E-state index contributed by atoms with van der Waals surface area (Å²) < 4.78 is 13.9. The van der Waals surface area contributed by atoms with Crippen molar-refractivity contribution < 1.29 is 9.18 Å². The molecule has 0 bridgehead atoms. The predicted octanol–water partition coefficient (Wildman–Crippen LogP) is 4.60. The van der Waals surface area contributed by atoms with Crippen LogP contribution in [0.2, 0.25) is 0 Å². The second-order valence-electron chi connectivity index (χ2n) is 4.10. The highest BCUT2D eigenvalue weighted by Crippen LogP contribution is 2.31. The Balaban J connectivity index is 2.45. The van der Waals surface area contributed by atoms with Crippen LogP contribution < -0.4 is 5.32 Å². The van der Waals surface area contributed by atoms with Crippen molar-refractivity contribution >= 4 is 27.5 Å². The molecular weight excluding hydrogens is 309 g/mol. The zero-order chi connectivity index (χ0) is 13.8. The maximum Gasteiger partial charge on any atom is 0.224 e. The molecule has 0 aromatic heterocycles. The summed E-state index contributed by atoms with van der Waals surface area (Å²) in [5, 5.41) is 2.85. The molecular formula is C15H13BrFNO. The summed E-state index contributed by atoms with van der Waals surface area (Å²) >= 11 is 3.40. The molecule has 98 valence electrons. The van der Waals surface area contributed by atoms with Crippen molar-refractivity contribution in [3.05, 3.63) is 52.8 Å². The summed E-state index contributed by atoms with van der Waals surface area (Å²) in [6, 6.07) is 11.8. The van der Waals surface area contributed by atoms with Gasteiger partial charge in [0, 0.05) is 22.1 Å². The molecule has 0 radical (unpaired) electrons. The Morgan fingerprint density at radius 1 is 1.21 bits per heavy atom. The van der Waals surface area contributed by atoms with Crippen LogP contribution in [0.4, 0.5) is 10.1 Å². The van der Waals surface area contributed by atoms with Gasteiger partial charge in [0.1, 0.15) is 5.82 Å². The molecule has 0 spiro atoms. The second kappa shape index (κ2) is 5.97. The van der Waals surface area contributed by atoms with Gasteiger partial charge in [0.25, 0.3) is 0 Å². The van der Waals surface area contributed by atoms with E-state index in [9.17, 15) is 9.18 Å². The molecule has 2 aromatic rings. The number of nitrogens with one attached hydrogen (secondary N) is 1. The van der Waals surface area contributed by atoms with Crippen LogP contribution in [0.3, 0.4) is 0 Å². The van der Waals surface area contributed by atoms with Gasteiger partial charge in [-0.25, -0.2) is 4.39 Å². The highest BCUT2D eigenvalue weighted by molar-refractivity contribution is 9.10. The summed E-state index contributed by atoms with van der Waals surface area (Å²) in [6.07, 6.45) is 0.416. The minimum Gasteiger partial charge on any atom is -0.326 e. The SMILES string of the molecule is CCC(=O)Nc1ccc(Br)cc1-c1ccc(F)cc1. The van der Waals surface area contributed by atoms with Crippen LogP contribution in [0.5, 0.6) is 0 Å². The zero-order valence-corrected chi connectivity index (χ0v) is 12.0. The summed E-state index contributed by atoms with van der Waals surface area (Å²) in [4.78, 5) is 11.5. The number of amides is 1.